The van der Waals surface area contributed by atoms with Gasteiger partial charge >= 0.3 is 5.97 Å². The third kappa shape index (κ3) is 2.30. The van der Waals surface area contributed by atoms with Gasteiger partial charge in [-0.25, -0.2) is 0 Å². The second-order valence-corrected chi connectivity index (χ2v) is 4.11. The zero-order chi connectivity index (χ0) is 11.5. The fourth-order valence-corrected chi connectivity index (χ4v) is 1.88. The number of benzene rings is 1. The highest BCUT2D eigenvalue weighted by Crippen LogP contribution is 2.20. The van der Waals surface area contributed by atoms with Gasteiger partial charge in [0.05, 0.1) is 12.5 Å². The molecule has 0 saturated carbocycles. The Kier molecular flexibility index (Phi) is 3.04. The van der Waals surface area contributed by atoms with Crippen LogP contribution < -0.4 is 0 Å². The molecule has 0 aromatic heterocycles. The van der Waals surface area contributed by atoms with Gasteiger partial charge in [0.25, 0.3) is 0 Å². The number of carbonyl (C=O) groups is 2. The van der Waals surface area contributed by atoms with E-state index in [-0.39, 0.29) is 17.7 Å². The van der Waals surface area contributed by atoms with Crippen LogP contribution in [0.4, 0.5) is 0 Å². The molecule has 16 heavy (non-hydrogen) atoms. The average Bonchev–Trinajstić information content (AvgIpc) is 2.65. The van der Waals surface area contributed by atoms with Crippen LogP contribution in [-0.4, -0.2) is 18.4 Å². The smallest absolute Gasteiger partial charge is 0.309 e. The van der Waals surface area contributed by atoms with E-state index in [4.69, 9.17) is 4.74 Å². The molecule has 3 heteroatoms. The minimum Gasteiger partial charge on any atom is -0.465 e. The topological polar surface area (TPSA) is 43.4 Å². The van der Waals surface area contributed by atoms with Gasteiger partial charge in [0, 0.05) is 5.56 Å². The molecular weight excluding hydrogens is 204 g/mol. The van der Waals surface area contributed by atoms with E-state index in [1.54, 1.807) is 19.1 Å². The molecule has 0 bridgehead atoms. The maximum Gasteiger partial charge on any atom is 0.309 e. The van der Waals surface area contributed by atoms with E-state index in [9.17, 15) is 9.59 Å². The fraction of sp³-hybridized carbons (Fsp3) is 0.385. The predicted molar refractivity (Wildman–Crippen MR) is 59.2 cm³/mol. The van der Waals surface area contributed by atoms with Gasteiger partial charge in [-0.2, -0.15) is 0 Å². The lowest BCUT2D eigenvalue weighted by atomic mass is 9.97. The van der Waals surface area contributed by atoms with Crippen LogP contribution in [0.25, 0.3) is 0 Å². The zero-order valence-electron chi connectivity index (χ0n) is 9.23. The Bertz CT molecular complexity index is 406. The monoisotopic (exact) mass is 218 g/mol. The van der Waals surface area contributed by atoms with Crippen LogP contribution >= 0.6 is 0 Å². The summed E-state index contributed by atoms with van der Waals surface area (Å²) in [5, 5.41) is 0. The van der Waals surface area contributed by atoms with E-state index in [1.165, 1.54) is 0 Å². The molecule has 1 aromatic carbocycles. The van der Waals surface area contributed by atoms with E-state index in [0.29, 0.717) is 18.6 Å². The molecule has 1 heterocycles. The number of carbonyl (C=O) groups excluding carboxylic acids is 2. The molecule has 0 spiro atoms. The number of rotatable bonds is 3. The number of hydrogen-bond donors (Lipinski definition) is 0. The summed E-state index contributed by atoms with van der Waals surface area (Å²) >= 11 is 0. The molecule has 1 aliphatic heterocycles. The van der Waals surface area contributed by atoms with E-state index in [0.717, 1.165) is 12.0 Å². The Morgan fingerprint density at radius 2 is 2.06 bits per heavy atom. The van der Waals surface area contributed by atoms with Crippen molar-refractivity contribution in [3.05, 3.63) is 35.4 Å². The van der Waals surface area contributed by atoms with Crippen molar-refractivity contribution < 1.29 is 14.3 Å². The fourth-order valence-electron chi connectivity index (χ4n) is 1.88. The second kappa shape index (κ2) is 4.47. The van der Waals surface area contributed by atoms with Crippen LogP contribution in [-0.2, 0) is 16.0 Å². The average molecular weight is 218 g/mol. The molecule has 0 N–H and O–H groups in total. The third-order valence-corrected chi connectivity index (χ3v) is 2.89. The van der Waals surface area contributed by atoms with Crippen molar-refractivity contribution >= 4 is 11.8 Å². The van der Waals surface area contributed by atoms with E-state index in [1.807, 2.05) is 12.1 Å². The number of cyclic esters (lactones) is 1. The van der Waals surface area contributed by atoms with Crippen LogP contribution in [0.2, 0.25) is 0 Å². The van der Waals surface area contributed by atoms with Crippen molar-refractivity contribution in [2.24, 2.45) is 5.92 Å². The quantitative estimate of drug-likeness (QED) is 0.575. The Labute approximate surface area is 94.4 Å². The zero-order valence-corrected chi connectivity index (χ0v) is 9.23. The normalized spacial score (nSPS) is 19.6. The molecule has 3 nitrogen and oxygen atoms in total. The summed E-state index contributed by atoms with van der Waals surface area (Å²) in [5.41, 5.74) is 1.78. The molecule has 1 aliphatic rings. The Hall–Kier alpha value is -1.64. The van der Waals surface area contributed by atoms with Crippen molar-refractivity contribution in [3.8, 4) is 0 Å². The molecule has 1 saturated heterocycles. The lowest BCUT2D eigenvalue weighted by molar-refractivity contribution is -0.141. The summed E-state index contributed by atoms with van der Waals surface area (Å²) in [6.45, 7) is 2.08. The Morgan fingerprint density at radius 1 is 1.38 bits per heavy atom. The number of esters is 1. The van der Waals surface area contributed by atoms with Crippen LogP contribution in [0, 0.1) is 5.92 Å². The molecule has 1 fully saturated rings. The van der Waals surface area contributed by atoms with Crippen LogP contribution in [0.3, 0.4) is 0 Å². The molecule has 2 rings (SSSR count). The third-order valence-electron chi connectivity index (χ3n) is 2.89. The first kappa shape index (κ1) is 10.9. The van der Waals surface area contributed by atoms with Crippen molar-refractivity contribution in [2.75, 3.05) is 6.61 Å². The van der Waals surface area contributed by atoms with Gasteiger partial charge < -0.3 is 4.74 Å². The number of Topliss-reactive ketones (excluding diaryl/α,β-unsaturated/α-hetero) is 1. The van der Waals surface area contributed by atoms with Crippen LogP contribution in [0.1, 0.15) is 29.3 Å². The molecule has 1 atom stereocenters. The maximum absolute atomic E-state index is 11.3. The van der Waals surface area contributed by atoms with Crippen molar-refractivity contribution in [3.63, 3.8) is 0 Å². The standard InChI is InChI=1S/C13H14O3/c1-9(14)11-4-2-10(3-5-11)8-12-6-7-16-13(12)15/h2-5,12H,6-8H2,1H3. The molecule has 0 amide bonds. The summed E-state index contributed by atoms with van der Waals surface area (Å²) in [5.74, 6) is -0.0503. The van der Waals surface area contributed by atoms with E-state index in [2.05, 4.69) is 0 Å². The first-order chi connectivity index (χ1) is 7.66. The first-order valence-corrected chi connectivity index (χ1v) is 5.43. The highest BCUT2D eigenvalue weighted by atomic mass is 16.5. The van der Waals surface area contributed by atoms with Gasteiger partial charge in [-0.1, -0.05) is 24.3 Å². The van der Waals surface area contributed by atoms with E-state index < -0.39 is 0 Å². The number of ether oxygens (including phenoxy) is 1. The highest BCUT2D eigenvalue weighted by Gasteiger charge is 2.26. The lowest BCUT2D eigenvalue weighted by Gasteiger charge is -2.05. The molecule has 0 radical (unpaired) electrons. The van der Waals surface area contributed by atoms with Gasteiger partial charge in [-0.3, -0.25) is 9.59 Å². The summed E-state index contributed by atoms with van der Waals surface area (Å²) in [4.78, 5) is 22.4. The summed E-state index contributed by atoms with van der Waals surface area (Å²) in [6, 6.07) is 7.42. The Balaban J connectivity index is 2.05. The predicted octanol–water partition coefficient (Wildman–Crippen LogP) is 1.99. The summed E-state index contributed by atoms with van der Waals surface area (Å²) < 4.78 is 4.91. The van der Waals surface area contributed by atoms with Gasteiger partial charge in [-0.05, 0) is 25.3 Å². The van der Waals surface area contributed by atoms with Gasteiger partial charge in [0.15, 0.2) is 5.78 Å². The first-order valence-electron chi connectivity index (χ1n) is 5.43. The van der Waals surface area contributed by atoms with E-state index >= 15 is 0 Å². The van der Waals surface area contributed by atoms with Crippen molar-refractivity contribution in [1.29, 1.82) is 0 Å². The second-order valence-electron chi connectivity index (χ2n) is 4.11. The van der Waals surface area contributed by atoms with Crippen LogP contribution in [0.15, 0.2) is 24.3 Å². The minimum atomic E-state index is -0.101. The van der Waals surface area contributed by atoms with Crippen LogP contribution in [0.5, 0.6) is 0 Å². The van der Waals surface area contributed by atoms with Gasteiger partial charge in [0.2, 0.25) is 0 Å². The molecular formula is C13H14O3. The number of hydrogen-bond acceptors (Lipinski definition) is 3. The minimum absolute atomic E-state index is 0.0109. The SMILES string of the molecule is CC(=O)c1ccc(CC2CCOC2=O)cc1. The highest BCUT2D eigenvalue weighted by molar-refractivity contribution is 5.94. The maximum atomic E-state index is 11.3. The van der Waals surface area contributed by atoms with Crippen molar-refractivity contribution in [2.45, 2.75) is 19.8 Å². The Morgan fingerprint density at radius 3 is 2.56 bits per heavy atom. The van der Waals surface area contributed by atoms with Gasteiger partial charge in [0.1, 0.15) is 0 Å². The summed E-state index contributed by atoms with van der Waals surface area (Å²) in [6.07, 6.45) is 1.50. The molecule has 0 aliphatic carbocycles. The molecule has 1 aromatic rings. The number of ketones is 1. The van der Waals surface area contributed by atoms with Crippen molar-refractivity contribution in [1.82, 2.24) is 0 Å². The largest absolute Gasteiger partial charge is 0.465 e. The molecule has 84 valence electrons. The van der Waals surface area contributed by atoms with Gasteiger partial charge in [-0.15, -0.1) is 0 Å². The summed E-state index contributed by atoms with van der Waals surface area (Å²) in [7, 11) is 0. The molecule has 1 unspecified atom stereocenters. The lowest BCUT2D eigenvalue weighted by Crippen LogP contribution is -2.10.